The molecule has 0 unspecified atom stereocenters. The first-order valence-corrected chi connectivity index (χ1v) is 6.93. The maximum atomic E-state index is 11.4. The molecule has 1 heterocycles. The molecule has 1 aromatic carbocycles. The molecule has 3 nitrogen and oxygen atoms in total. The van der Waals surface area contributed by atoms with Crippen molar-refractivity contribution in [2.75, 3.05) is 0 Å². The zero-order valence-corrected chi connectivity index (χ0v) is 12.7. The van der Waals surface area contributed by atoms with Crippen LogP contribution in [0.25, 0.3) is 11.3 Å². The topological polar surface area (TPSA) is 50.4 Å². The largest absolute Gasteiger partial charge is 0.478 e. The minimum atomic E-state index is -0.973. The predicted octanol–water partition coefficient (Wildman–Crippen LogP) is 4.73. The van der Waals surface area contributed by atoms with Crippen LogP contribution >= 0.6 is 31.9 Å². The zero-order valence-electron chi connectivity index (χ0n) is 9.54. The fraction of sp³-hybridized carbons (Fsp3) is 0.154. The number of hydrogen-bond acceptors (Lipinski definition) is 2. The molecular weight excluding hydrogens is 364 g/mol. The van der Waals surface area contributed by atoms with Gasteiger partial charge in [-0.25, -0.2) is 4.79 Å². The summed E-state index contributed by atoms with van der Waals surface area (Å²) in [5.41, 5.74) is 1.66. The zero-order chi connectivity index (χ0) is 13.3. The summed E-state index contributed by atoms with van der Waals surface area (Å²) in [5.74, 6) is -0.585. The van der Waals surface area contributed by atoms with Gasteiger partial charge < -0.3 is 9.52 Å². The molecule has 0 spiro atoms. The molecule has 0 saturated heterocycles. The fourth-order valence-corrected chi connectivity index (χ4v) is 2.69. The number of benzene rings is 1. The Kier molecular flexibility index (Phi) is 3.92. The number of rotatable bonds is 3. The highest BCUT2D eigenvalue weighted by Gasteiger charge is 2.24. The molecule has 0 aliphatic rings. The number of aromatic carboxylic acids is 1. The summed E-state index contributed by atoms with van der Waals surface area (Å²) in [6.45, 7) is 1.90. The van der Waals surface area contributed by atoms with Gasteiger partial charge in [0.2, 0.25) is 0 Å². The van der Waals surface area contributed by atoms with Gasteiger partial charge in [0.25, 0.3) is 0 Å². The Bertz CT molecular complexity index is 585. The van der Waals surface area contributed by atoms with Gasteiger partial charge >= 0.3 is 5.97 Å². The highest BCUT2D eigenvalue weighted by molar-refractivity contribution is 9.10. The van der Waals surface area contributed by atoms with Crippen LogP contribution in [0.4, 0.5) is 0 Å². The van der Waals surface area contributed by atoms with Gasteiger partial charge in [0.15, 0.2) is 4.67 Å². The van der Waals surface area contributed by atoms with E-state index in [0.717, 1.165) is 10.0 Å². The minimum absolute atomic E-state index is 0.228. The lowest BCUT2D eigenvalue weighted by Gasteiger charge is -2.00. The third-order valence-corrected chi connectivity index (χ3v) is 3.80. The van der Waals surface area contributed by atoms with Crippen molar-refractivity contribution < 1.29 is 14.3 Å². The Balaban J connectivity index is 2.64. The first-order chi connectivity index (χ1) is 8.54. The van der Waals surface area contributed by atoms with Crippen LogP contribution in [0.1, 0.15) is 22.8 Å². The average molecular weight is 374 g/mol. The SMILES string of the molecule is CCc1c(Br)oc(-c2ccc(Br)cc2)c1C(=O)O. The van der Waals surface area contributed by atoms with Crippen molar-refractivity contribution in [3.8, 4) is 11.3 Å². The number of hydrogen-bond donors (Lipinski definition) is 1. The molecule has 0 amide bonds. The quantitative estimate of drug-likeness (QED) is 0.845. The molecule has 0 bridgehead atoms. The van der Waals surface area contributed by atoms with Crippen molar-refractivity contribution in [1.82, 2.24) is 0 Å². The van der Waals surface area contributed by atoms with E-state index in [1.54, 1.807) is 0 Å². The lowest BCUT2D eigenvalue weighted by molar-refractivity contribution is 0.0696. The van der Waals surface area contributed by atoms with Crippen molar-refractivity contribution in [2.24, 2.45) is 0 Å². The van der Waals surface area contributed by atoms with Crippen LogP contribution in [-0.4, -0.2) is 11.1 Å². The first kappa shape index (κ1) is 13.4. The second-order valence-corrected chi connectivity index (χ2v) is 5.36. The maximum absolute atomic E-state index is 11.4. The predicted molar refractivity (Wildman–Crippen MR) is 75.9 cm³/mol. The van der Waals surface area contributed by atoms with Gasteiger partial charge in [-0.05, 0) is 34.5 Å². The number of carboxylic acid groups (broad SMARTS) is 1. The van der Waals surface area contributed by atoms with Crippen molar-refractivity contribution >= 4 is 37.8 Å². The summed E-state index contributed by atoms with van der Waals surface area (Å²) in [4.78, 5) is 11.4. The number of halogens is 2. The minimum Gasteiger partial charge on any atom is -0.478 e. The number of furan rings is 1. The van der Waals surface area contributed by atoms with Crippen LogP contribution in [0.5, 0.6) is 0 Å². The summed E-state index contributed by atoms with van der Waals surface area (Å²) >= 11 is 6.61. The smallest absolute Gasteiger partial charge is 0.339 e. The second-order valence-electron chi connectivity index (χ2n) is 3.72. The molecule has 0 saturated carbocycles. The molecule has 5 heteroatoms. The van der Waals surface area contributed by atoms with E-state index in [1.165, 1.54) is 0 Å². The average Bonchev–Trinajstić information content (AvgIpc) is 2.67. The van der Waals surface area contributed by atoms with Gasteiger partial charge in [0, 0.05) is 15.6 Å². The first-order valence-electron chi connectivity index (χ1n) is 5.35. The molecule has 0 aliphatic heterocycles. The molecule has 0 aliphatic carbocycles. The van der Waals surface area contributed by atoms with Gasteiger partial charge in [-0.15, -0.1) is 0 Å². The van der Waals surface area contributed by atoms with E-state index in [-0.39, 0.29) is 5.56 Å². The molecule has 2 rings (SSSR count). The third-order valence-electron chi connectivity index (χ3n) is 2.63. The Morgan fingerprint density at radius 3 is 2.39 bits per heavy atom. The van der Waals surface area contributed by atoms with E-state index < -0.39 is 5.97 Å². The second kappa shape index (κ2) is 5.28. The van der Waals surface area contributed by atoms with Gasteiger partial charge in [0.1, 0.15) is 11.3 Å². The monoisotopic (exact) mass is 372 g/mol. The summed E-state index contributed by atoms with van der Waals surface area (Å²) in [6, 6.07) is 7.34. The van der Waals surface area contributed by atoms with E-state index in [0.29, 0.717) is 22.4 Å². The summed E-state index contributed by atoms with van der Waals surface area (Å²) in [7, 11) is 0. The van der Waals surface area contributed by atoms with Crippen LogP contribution < -0.4 is 0 Å². The van der Waals surface area contributed by atoms with E-state index >= 15 is 0 Å². The Morgan fingerprint density at radius 2 is 1.89 bits per heavy atom. The van der Waals surface area contributed by atoms with Crippen molar-refractivity contribution in [3.63, 3.8) is 0 Å². The number of carbonyl (C=O) groups is 1. The fourth-order valence-electron chi connectivity index (χ4n) is 1.78. The lowest BCUT2D eigenvalue weighted by Crippen LogP contribution is -2.00. The van der Waals surface area contributed by atoms with E-state index in [9.17, 15) is 9.90 Å². The van der Waals surface area contributed by atoms with Gasteiger partial charge in [-0.3, -0.25) is 0 Å². The molecular formula is C13H10Br2O3. The van der Waals surface area contributed by atoms with E-state index in [2.05, 4.69) is 31.9 Å². The lowest BCUT2D eigenvalue weighted by atomic mass is 10.0. The molecule has 1 N–H and O–H groups in total. The van der Waals surface area contributed by atoms with E-state index in [1.807, 2.05) is 31.2 Å². The van der Waals surface area contributed by atoms with Crippen LogP contribution in [0, 0.1) is 0 Å². The van der Waals surface area contributed by atoms with E-state index in [4.69, 9.17) is 4.42 Å². The molecule has 0 radical (unpaired) electrons. The van der Waals surface area contributed by atoms with Gasteiger partial charge in [-0.1, -0.05) is 35.0 Å². The number of carboxylic acids is 1. The van der Waals surface area contributed by atoms with Gasteiger partial charge in [0.05, 0.1) is 0 Å². The molecule has 2 aromatic rings. The Hall–Kier alpha value is -1.07. The molecule has 1 aromatic heterocycles. The van der Waals surface area contributed by atoms with Crippen LogP contribution in [0.3, 0.4) is 0 Å². The highest BCUT2D eigenvalue weighted by atomic mass is 79.9. The maximum Gasteiger partial charge on any atom is 0.339 e. The van der Waals surface area contributed by atoms with Crippen molar-refractivity contribution in [1.29, 1.82) is 0 Å². The van der Waals surface area contributed by atoms with Gasteiger partial charge in [-0.2, -0.15) is 0 Å². The van der Waals surface area contributed by atoms with Crippen molar-refractivity contribution in [3.05, 3.63) is 44.5 Å². The van der Waals surface area contributed by atoms with Crippen molar-refractivity contribution in [2.45, 2.75) is 13.3 Å². The molecule has 0 fully saturated rings. The Labute approximate surface area is 121 Å². The molecule has 18 heavy (non-hydrogen) atoms. The molecule has 0 atom stereocenters. The summed E-state index contributed by atoms with van der Waals surface area (Å²) < 4.78 is 6.97. The molecule has 94 valence electrons. The summed E-state index contributed by atoms with van der Waals surface area (Å²) in [5, 5.41) is 9.32. The van der Waals surface area contributed by atoms with Crippen LogP contribution in [0.2, 0.25) is 0 Å². The normalized spacial score (nSPS) is 10.6. The van der Waals surface area contributed by atoms with Crippen LogP contribution in [0.15, 0.2) is 37.8 Å². The summed E-state index contributed by atoms with van der Waals surface area (Å²) in [6.07, 6.45) is 0.599. The highest BCUT2D eigenvalue weighted by Crippen LogP contribution is 2.35. The standard InChI is InChI=1S/C13H10Br2O3/c1-2-9-10(13(16)17)11(18-12(9)15)7-3-5-8(14)6-4-7/h3-6H,2H2,1H3,(H,16,17). The third kappa shape index (κ3) is 2.37. The Morgan fingerprint density at radius 1 is 1.28 bits per heavy atom. The van der Waals surface area contributed by atoms with Crippen LogP contribution in [-0.2, 0) is 6.42 Å².